The van der Waals surface area contributed by atoms with Crippen LogP contribution in [0.5, 0.6) is 11.5 Å². The van der Waals surface area contributed by atoms with Crippen molar-refractivity contribution < 1.29 is 18.7 Å². The summed E-state index contributed by atoms with van der Waals surface area (Å²) in [4.78, 5) is 24.7. The molecule has 152 valence electrons. The Balaban J connectivity index is 1.50. The summed E-state index contributed by atoms with van der Waals surface area (Å²) < 4.78 is 18.1. The number of halogens is 1. The summed E-state index contributed by atoms with van der Waals surface area (Å²) in [6.45, 7) is 4.55. The normalized spacial score (nSPS) is 15.2. The fourth-order valence-electron chi connectivity index (χ4n) is 3.49. The van der Waals surface area contributed by atoms with E-state index in [0.717, 1.165) is 17.7 Å². The Hall–Kier alpha value is -2.93. The third kappa shape index (κ3) is 3.96. The minimum atomic E-state index is -0.523. The second-order valence-corrected chi connectivity index (χ2v) is 7.39. The summed E-state index contributed by atoms with van der Waals surface area (Å²) in [5, 5.41) is 3.35. The van der Waals surface area contributed by atoms with Crippen molar-refractivity contribution in [1.29, 1.82) is 0 Å². The Kier molecular flexibility index (Phi) is 5.24. The van der Waals surface area contributed by atoms with Crippen LogP contribution < -0.4 is 20.5 Å². The van der Waals surface area contributed by atoms with Crippen LogP contribution in [0.1, 0.15) is 25.8 Å². The predicted octanol–water partition coefficient (Wildman–Crippen LogP) is 4.00. The number of carbonyl (C=O) groups excluding carboxylic acids is 1. The lowest BCUT2D eigenvalue weighted by Gasteiger charge is -2.13. The van der Waals surface area contributed by atoms with E-state index in [9.17, 15) is 9.59 Å². The first-order valence-corrected chi connectivity index (χ1v) is 9.87. The zero-order chi connectivity index (χ0) is 20.5. The second-order valence-electron chi connectivity index (χ2n) is 6.95. The fraction of sp³-hybridized carbons (Fsp3) is 0.333. The smallest absolute Gasteiger partial charge is 0.419 e. The van der Waals surface area contributed by atoms with Crippen LogP contribution in [-0.2, 0) is 17.8 Å². The van der Waals surface area contributed by atoms with Crippen molar-refractivity contribution in [2.75, 3.05) is 11.9 Å². The van der Waals surface area contributed by atoms with Crippen LogP contribution in [0.4, 0.5) is 5.69 Å². The highest BCUT2D eigenvalue weighted by Gasteiger charge is 2.22. The van der Waals surface area contributed by atoms with E-state index >= 15 is 0 Å². The third-order valence-corrected chi connectivity index (χ3v) is 5.00. The number of aromatic nitrogens is 1. The molecule has 1 aliphatic rings. The summed E-state index contributed by atoms with van der Waals surface area (Å²) in [6, 6.07) is 8.66. The molecule has 0 aliphatic carbocycles. The Labute approximate surface area is 172 Å². The maximum Gasteiger partial charge on any atom is 0.419 e. The maximum atomic E-state index is 12.6. The van der Waals surface area contributed by atoms with Gasteiger partial charge in [-0.3, -0.25) is 9.36 Å². The Morgan fingerprint density at radius 1 is 1.34 bits per heavy atom. The monoisotopic (exact) mass is 416 g/mol. The zero-order valence-corrected chi connectivity index (χ0v) is 16.9. The molecule has 0 radical (unpaired) electrons. The Morgan fingerprint density at radius 2 is 2.17 bits per heavy atom. The van der Waals surface area contributed by atoms with Gasteiger partial charge >= 0.3 is 5.76 Å². The number of rotatable bonds is 6. The Morgan fingerprint density at radius 3 is 2.97 bits per heavy atom. The highest BCUT2D eigenvalue weighted by Crippen LogP contribution is 2.38. The average Bonchev–Trinajstić information content (AvgIpc) is 3.17. The number of aryl methyl sites for hydroxylation is 1. The van der Waals surface area contributed by atoms with Crippen LogP contribution in [0.15, 0.2) is 39.5 Å². The number of anilines is 1. The molecule has 1 atom stereocenters. The average molecular weight is 417 g/mol. The van der Waals surface area contributed by atoms with Crippen LogP contribution in [0.3, 0.4) is 0 Å². The highest BCUT2D eigenvalue weighted by molar-refractivity contribution is 6.31. The van der Waals surface area contributed by atoms with Gasteiger partial charge in [-0.15, -0.1) is 0 Å². The number of nitrogens with one attached hydrogen (secondary N) is 1. The molecule has 0 fully saturated rings. The van der Waals surface area contributed by atoms with Crippen molar-refractivity contribution in [1.82, 2.24) is 4.57 Å². The van der Waals surface area contributed by atoms with Crippen LogP contribution >= 0.6 is 11.6 Å². The maximum absolute atomic E-state index is 12.6. The van der Waals surface area contributed by atoms with Crippen molar-refractivity contribution in [3.8, 4) is 11.5 Å². The molecule has 8 heteroatoms. The van der Waals surface area contributed by atoms with Crippen molar-refractivity contribution in [3.05, 3.63) is 51.5 Å². The minimum Gasteiger partial charge on any atom is -0.492 e. The van der Waals surface area contributed by atoms with Gasteiger partial charge in [0.2, 0.25) is 5.91 Å². The summed E-state index contributed by atoms with van der Waals surface area (Å²) in [6.07, 6.45) is 1.00. The number of benzene rings is 2. The van der Waals surface area contributed by atoms with Gasteiger partial charge in [-0.2, -0.15) is 0 Å². The molecule has 2 aromatic carbocycles. The van der Waals surface area contributed by atoms with E-state index in [-0.39, 0.29) is 25.0 Å². The number of fused-ring (bicyclic) bond motifs is 2. The molecule has 1 aliphatic heterocycles. The summed E-state index contributed by atoms with van der Waals surface area (Å²) in [5.41, 5.74) is 2.61. The van der Waals surface area contributed by atoms with Crippen LogP contribution in [0.2, 0.25) is 5.02 Å². The van der Waals surface area contributed by atoms with Gasteiger partial charge < -0.3 is 19.2 Å². The van der Waals surface area contributed by atoms with Crippen molar-refractivity contribution in [2.24, 2.45) is 0 Å². The Bertz CT molecular complexity index is 1130. The molecule has 29 heavy (non-hydrogen) atoms. The molecule has 0 saturated heterocycles. The van der Waals surface area contributed by atoms with Crippen molar-refractivity contribution in [3.63, 3.8) is 0 Å². The number of hydrogen-bond donors (Lipinski definition) is 1. The molecule has 7 nitrogen and oxygen atoms in total. The first-order valence-electron chi connectivity index (χ1n) is 9.49. The summed E-state index contributed by atoms with van der Waals surface area (Å²) in [5.74, 6) is 0.597. The topological polar surface area (TPSA) is 82.7 Å². The lowest BCUT2D eigenvalue weighted by atomic mass is 10.1. The number of nitrogens with zero attached hydrogens (tertiary/aromatic N) is 1. The zero-order valence-electron chi connectivity index (χ0n) is 16.2. The number of carbonyl (C=O) groups is 1. The van der Waals surface area contributed by atoms with Gasteiger partial charge in [0.1, 0.15) is 17.6 Å². The molecule has 0 saturated carbocycles. The predicted molar refractivity (Wildman–Crippen MR) is 110 cm³/mol. The molecular weight excluding hydrogens is 396 g/mol. The first kappa shape index (κ1) is 19.4. The number of amides is 1. The van der Waals surface area contributed by atoms with Gasteiger partial charge in [-0.25, -0.2) is 4.79 Å². The molecule has 3 aromatic rings. The van der Waals surface area contributed by atoms with E-state index in [4.69, 9.17) is 25.5 Å². The molecule has 1 amide bonds. The lowest BCUT2D eigenvalue weighted by Crippen LogP contribution is -2.20. The largest absolute Gasteiger partial charge is 0.492 e. The van der Waals surface area contributed by atoms with Crippen LogP contribution in [0.25, 0.3) is 11.1 Å². The van der Waals surface area contributed by atoms with E-state index in [1.165, 1.54) is 4.57 Å². The van der Waals surface area contributed by atoms with E-state index in [0.29, 0.717) is 34.2 Å². The summed E-state index contributed by atoms with van der Waals surface area (Å²) in [7, 11) is 0. The number of hydrogen-bond acceptors (Lipinski definition) is 5. The molecule has 2 heterocycles. The number of ether oxygens (including phenoxy) is 2. The standard InChI is InChI=1S/C21H21ClN2O5/c1-3-27-18-9-13-8-12(2)28-17(13)11-15(18)23-20(25)6-7-24-16-5-4-14(22)10-19(16)29-21(24)26/h4-5,9-12H,3,6-8H2,1-2H3,(H,23,25)/t12-/m1/s1. The highest BCUT2D eigenvalue weighted by atomic mass is 35.5. The lowest BCUT2D eigenvalue weighted by molar-refractivity contribution is -0.116. The first-order chi connectivity index (χ1) is 13.9. The van der Waals surface area contributed by atoms with Crippen LogP contribution in [-0.4, -0.2) is 23.2 Å². The van der Waals surface area contributed by atoms with E-state index in [1.807, 2.05) is 19.9 Å². The SMILES string of the molecule is CCOc1cc2c(cc1NC(=O)CCn1c(=O)oc3cc(Cl)ccc31)O[C@H](C)C2. The van der Waals surface area contributed by atoms with Gasteiger partial charge in [-0.05, 0) is 32.0 Å². The third-order valence-electron chi connectivity index (χ3n) is 4.76. The summed E-state index contributed by atoms with van der Waals surface area (Å²) >= 11 is 5.93. The molecule has 0 spiro atoms. The number of oxazole rings is 1. The van der Waals surface area contributed by atoms with Crippen molar-refractivity contribution in [2.45, 2.75) is 39.3 Å². The van der Waals surface area contributed by atoms with Gasteiger partial charge in [0, 0.05) is 42.1 Å². The van der Waals surface area contributed by atoms with Gasteiger partial charge in [-0.1, -0.05) is 11.6 Å². The van der Waals surface area contributed by atoms with E-state index in [1.54, 1.807) is 24.3 Å². The van der Waals surface area contributed by atoms with Crippen molar-refractivity contribution >= 4 is 34.3 Å². The van der Waals surface area contributed by atoms with E-state index in [2.05, 4.69) is 5.32 Å². The molecule has 4 rings (SSSR count). The molecule has 1 N–H and O–H groups in total. The van der Waals surface area contributed by atoms with Gasteiger partial charge in [0.15, 0.2) is 5.58 Å². The van der Waals surface area contributed by atoms with Crippen LogP contribution in [0, 0.1) is 0 Å². The molecule has 1 aromatic heterocycles. The molecule has 0 bridgehead atoms. The quantitative estimate of drug-likeness (QED) is 0.656. The fourth-order valence-corrected chi connectivity index (χ4v) is 3.65. The second kappa shape index (κ2) is 7.83. The van der Waals surface area contributed by atoms with Gasteiger partial charge in [0.25, 0.3) is 0 Å². The van der Waals surface area contributed by atoms with E-state index < -0.39 is 5.76 Å². The van der Waals surface area contributed by atoms with Gasteiger partial charge in [0.05, 0.1) is 17.8 Å². The molecule has 0 unspecified atom stereocenters. The minimum absolute atomic E-state index is 0.0943. The molecular formula is C21H21ClN2O5.